The number of phosphoric acid groups is 1. The highest BCUT2D eigenvalue weighted by Crippen LogP contribution is 2.35. The molecule has 0 aromatic rings. The third kappa shape index (κ3) is 5.55. The fourth-order valence-electron chi connectivity index (χ4n) is 0.0532. The van der Waals surface area contributed by atoms with E-state index in [1.54, 1.807) is 0 Å². The van der Waals surface area contributed by atoms with Crippen LogP contribution >= 0.6 is 7.82 Å². The lowest BCUT2D eigenvalue weighted by atomic mass is 13.1. The number of hydrogen-bond acceptors (Lipinski definition) is 4. The van der Waals surface area contributed by atoms with Gasteiger partial charge < -0.3 is 0 Å². The van der Waals surface area contributed by atoms with Gasteiger partial charge in [-0.05, 0) is 0 Å². The molecule has 6 nitrogen and oxygen atoms in total. The highest BCUT2D eigenvalue weighted by molar-refractivity contribution is 7.46. The summed E-state index contributed by atoms with van der Waals surface area (Å²) in [6.07, 6.45) is 0. The fraction of sp³-hybridized carbons (Fsp3) is 0. The Labute approximate surface area is 38.8 Å². The van der Waals surface area contributed by atoms with Crippen molar-refractivity contribution >= 4 is 7.82 Å². The van der Waals surface area contributed by atoms with Gasteiger partial charge in [0.2, 0.25) is 0 Å². The molecule has 0 bridgehead atoms. The number of nitrogens with one attached hydrogen (secondary N) is 1. The van der Waals surface area contributed by atoms with E-state index in [0.717, 1.165) is 0 Å². The molecule has 0 aromatic heterocycles. The SMILES string of the molecule is N=NOP(=O)(O)O. The van der Waals surface area contributed by atoms with E-state index >= 15 is 0 Å². The van der Waals surface area contributed by atoms with Crippen LogP contribution in [0.2, 0.25) is 0 Å². The van der Waals surface area contributed by atoms with E-state index in [9.17, 15) is 4.57 Å². The summed E-state index contributed by atoms with van der Waals surface area (Å²) < 4.78 is 12.7. The first-order chi connectivity index (χ1) is 3.06. The van der Waals surface area contributed by atoms with Crippen molar-refractivity contribution in [1.82, 2.24) is 0 Å². The zero-order valence-electron chi connectivity index (χ0n) is 3.11. The van der Waals surface area contributed by atoms with Crippen molar-refractivity contribution in [1.29, 1.82) is 5.53 Å². The van der Waals surface area contributed by atoms with Gasteiger partial charge in [-0.25, -0.2) is 4.57 Å². The van der Waals surface area contributed by atoms with Gasteiger partial charge in [0.25, 0.3) is 0 Å². The maximum absolute atomic E-state index is 9.49. The number of hydrogen-bond donors (Lipinski definition) is 3. The Morgan fingerprint density at radius 3 is 2.14 bits per heavy atom. The molecular formula is H3N2O4P. The van der Waals surface area contributed by atoms with Crippen molar-refractivity contribution in [2.75, 3.05) is 0 Å². The van der Waals surface area contributed by atoms with Crippen LogP contribution in [0.1, 0.15) is 0 Å². The first-order valence-corrected chi connectivity index (χ1v) is 2.70. The maximum Gasteiger partial charge on any atom is 0.546 e. The summed E-state index contributed by atoms with van der Waals surface area (Å²) in [5.74, 6) is 0. The lowest BCUT2D eigenvalue weighted by Crippen LogP contribution is -1.75. The largest absolute Gasteiger partial charge is 0.546 e. The predicted molar refractivity (Wildman–Crippen MR) is 18.3 cm³/mol. The van der Waals surface area contributed by atoms with Crippen LogP contribution in [0.5, 0.6) is 0 Å². The van der Waals surface area contributed by atoms with E-state index in [0.29, 0.717) is 0 Å². The number of rotatable bonds is 2. The minimum absolute atomic E-state index is 1.99. The summed E-state index contributed by atoms with van der Waals surface area (Å²) >= 11 is 0. The highest BCUT2D eigenvalue weighted by atomic mass is 31.2. The second-order valence-electron chi connectivity index (χ2n) is 0.664. The molecule has 0 rings (SSSR count). The minimum atomic E-state index is -4.52. The summed E-state index contributed by atoms with van der Waals surface area (Å²) in [5.41, 5.74) is 5.77. The maximum atomic E-state index is 9.49. The normalized spacial score (nSPS) is 10.6. The molecule has 0 amide bonds. The van der Waals surface area contributed by atoms with Crippen LogP contribution < -0.4 is 0 Å². The molecule has 0 atom stereocenters. The summed E-state index contributed by atoms with van der Waals surface area (Å²) in [6.45, 7) is 0. The molecule has 0 aliphatic carbocycles. The molecule has 3 N–H and O–H groups in total. The first-order valence-electron chi connectivity index (χ1n) is 1.17. The Balaban J connectivity index is 3.57. The molecule has 0 aliphatic rings. The Hall–Kier alpha value is -0.450. The van der Waals surface area contributed by atoms with Crippen LogP contribution in [0.25, 0.3) is 0 Å². The molecule has 7 heavy (non-hydrogen) atoms. The quantitative estimate of drug-likeness (QED) is 0.276. The van der Waals surface area contributed by atoms with E-state index in [1.807, 2.05) is 5.28 Å². The van der Waals surface area contributed by atoms with Gasteiger partial charge >= 0.3 is 7.82 Å². The zero-order valence-corrected chi connectivity index (χ0v) is 4.00. The molecule has 0 saturated heterocycles. The standard InChI is InChI=1S/H3N2O4P/c1-2-6-7(3,4)5/h1H,(H2,3,4,5). The molecule has 7 heteroatoms. The zero-order chi connectivity index (χ0) is 5.91. The monoisotopic (exact) mass is 126 g/mol. The van der Waals surface area contributed by atoms with Crippen LogP contribution in [0.4, 0.5) is 0 Å². The lowest BCUT2D eigenvalue weighted by Gasteiger charge is -1.92. The van der Waals surface area contributed by atoms with Gasteiger partial charge in [-0.1, -0.05) is 0 Å². The molecule has 0 aliphatic heterocycles. The van der Waals surface area contributed by atoms with E-state index in [1.165, 1.54) is 0 Å². The van der Waals surface area contributed by atoms with Gasteiger partial charge in [-0.3, -0.25) is 14.4 Å². The minimum Gasteiger partial charge on any atom is -0.292 e. The van der Waals surface area contributed by atoms with Gasteiger partial charge in [0, 0.05) is 5.28 Å². The second kappa shape index (κ2) is 2.02. The van der Waals surface area contributed by atoms with Gasteiger partial charge in [0.05, 0.1) is 0 Å². The Kier molecular flexibility index (Phi) is 1.89. The smallest absolute Gasteiger partial charge is 0.292 e. The summed E-state index contributed by atoms with van der Waals surface area (Å²) in [7, 11) is -4.52. The van der Waals surface area contributed by atoms with Crippen LogP contribution in [-0.4, -0.2) is 9.79 Å². The predicted octanol–water partition coefficient (Wildman–Crippen LogP) is 0.0417. The number of nitrogens with zero attached hydrogens (tertiary/aromatic N) is 1. The van der Waals surface area contributed by atoms with Crippen LogP contribution in [0, 0.1) is 5.53 Å². The molecule has 0 spiro atoms. The lowest BCUT2D eigenvalue weighted by molar-refractivity contribution is 0.186. The summed E-state index contributed by atoms with van der Waals surface area (Å²) in [4.78, 5) is 15.4. The van der Waals surface area contributed by atoms with Gasteiger partial charge in [-0.15, -0.1) is 0 Å². The van der Waals surface area contributed by atoms with Crippen molar-refractivity contribution in [2.45, 2.75) is 0 Å². The Morgan fingerprint density at radius 2 is 2.14 bits per heavy atom. The average Bonchev–Trinajstić information content (AvgIpc) is 1.30. The molecule has 42 valence electrons. The van der Waals surface area contributed by atoms with Crippen molar-refractivity contribution in [2.24, 2.45) is 5.28 Å². The van der Waals surface area contributed by atoms with Gasteiger partial charge in [0.15, 0.2) is 0 Å². The molecule has 0 unspecified atom stereocenters. The van der Waals surface area contributed by atoms with Crippen LogP contribution in [0.3, 0.4) is 0 Å². The van der Waals surface area contributed by atoms with Gasteiger partial charge in [0.1, 0.15) is 0 Å². The molecule has 0 fully saturated rings. The fourth-order valence-corrected chi connectivity index (χ4v) is 0.160. The van der Waals surface area contributed by atoms with Crippen LogP contribution in [-0.2, 0) is 9.19 Å². The Morgan fingerprint density at radius 1 is 1.71 bits per heavy atom. The van der Waals surface area contributed by atoms with Crippen molar-refractivity contribution in [3.8, 4) is 0 Å². The molecule has 0 saturated carbocycles. The van der Waals surface area contributed by atoms with Crippen molar-refractivity contribution < 1.29 is 19.0 Å². The van der Waals surface area contributed by atoms with E-state index in [2.05, 4.69) is 4.62 Å². The average molecular weight is 126 g/mol. The first kappa shape index (κ1) is 6.55. The highest BCUT2D eigenvalue weighted by Gasteiger charge is 2.13. The van der Waals surface area contributed by atoms with Gasteiger partial charge in [-0.2, -0.15) is 5.53 Å². The molecule has 0 radical (unpaired) electrons. The molecule has 0 aromatic carbocycles. The third-order valence-corrected chi connectivity index (χ3v) is 0.442. The van der Waals surface area contributed by atoms with Crippen molar-refractivity contribution in [3.63, 3.8) is 0 Å². The topological polar surface area (TPSA) is 103 Å². The van der Waals surface area contributed by atoms with E-state index < -0.39 is 7.82 Å². The third-order valence-electron chi connectivity index (χ3n) is 0.147. The summed E-state index contributed by atoms with van der Waals surface area (Å²) in [5, 5.41) is 1.99. The van der Waals surface area contributed by atoms with Crippen LogP contribution in [0.15, 0.2) is 5.28 Å². The summed E-state index contributed by atoms with van der Waals surface area (Å²) in [6, 6.07) is 0. The molecular weight excluding hydrogens is 123 g/mol. The molecule has 0 heterocycles. The Bertz CT molecular complexity index is 102. The van der Waals surface area contributed by atoms with Crippen molar-refractivity contribution in [3.05, 3.63) is 0 Å². The van der Waals surface area contributed by atoms with E-state index in [-0.39, 0.29) is 0 Å². The van der Waals surface area contributed by atoms with E-state index in [4.69, 9.17) is 15.3 Å². The second-order valence-corrected chi connectivity index (χ2v) is 1.81.